The van der Waals surface area contributed by atoms with Gasteiger partial charge in [-0.05, 0) is 31.6 Å². The monoisotopic (exact) mass is 394 g/mol. The molecule has 1 fully saturated rings. The highest BCUT2D eigenvalue weighted by atomic mass is 16.5. The maximum absolute atomic E-state index is 12.6. The van der Waals surface area contributed by atoms with Gasteiger partial charge in [0.05, 0.1) is 0 Å². The van der Waals surface area contributed by atoms with Crippen molar-refractivity contribution in [3.8, 4) is 0 Å². The van der Waals surface area contributed by atoms with Gasteiger partial charge in [-0.2, -0.15) is 0 Å². The Morgan fingerprint density at radius 2 is 1.93 bits per heavy atom. The molecule has 1 atom stereocenters. The minimum Gasteiger partial charge on any atom is -0.450 e. The molecule has 0 spiro atoms. The van der Waals surface area contributed by atoms with Crippen LogP contribution in [0, 0.1) is 6.92 Å². The third-order valence-corrected chi connectivity index (χ3v) is 5.49. The number of nitrogens with two attached hydrogens (primary N) is 1. The number of primary amides is 1. The SMILES string of the molecule is Cc1c(C(=O)OCC(=O)N2CCCC[C@H]2C(N)=O)oc2c1ccc1ccccc12. The number of carbonyl (C=O) groups is 3. The number of carbonyl (C=O) groups excluding carboxylic acids is 3. The zero-order valence-corrected chi connectivity index (χ0v) is 16.1. The van der Waals surface area contributed by atoms with Crippen LogP contribution in [-0.2, 0) is 14.3 Å². The summed E-state index contributed by atoms with van der Waals surface area (Å²) in [5.41, 5.74) is 6.67. The minimum absolute atomic E-state index is 0.0780. The molecule has 2 aromatic carbocycles. The van der Waals surface area contributed by atoms with Crippen LogP contribution in [0.3, 0.4) is 0 Å². The molecular weight excluding hydrogens is 372 g/mol. The van der Waals surface area contributed by atoms with Crippen LogP contribution in [0.2, 0.25) is 0 Å². The van der Waals surface area contributed by atoms with Crippen molar-refractivity contribution in [2.24, 2.45) is 5.73 Å². The predicted molar refractivity (Wildman–Crippen MR) is 107 cm³/mol. The largest absolute Gasteiger partial charge is 0.450 e. The van der Waals surface area contributed by atoms with Gasteiger partial charge in [0.1, 0.15) is 11.6 Å². The Bertz CT molecular complexity index is 1120. The van der Waals surface area contributed by atoms with Crippen LogP contribution in [0.25, 0.3) is 21.7 Å². The first-order valence-electron chi connectivity index (χ1n) is 9.64. The highest BCUT2D eigenvalue weighted by molar-refractivity contribution is 6.08. The summed E-state index contributed by atoms with van der Waals surface area (Å²) < 4.78 is 11.1. The van der Waals surface area contributed by atoms with E-state index in [9.17, 15) is 14.4 Å². The zero-order chi connectivity index (χ0) is 20.5. The van der Waals surface area contributed by atoms with Gasteiger partial charge in [0, 0.05) is 22.9 Å². The van der Waals surface area contributed by atoms with Gasteiger partial charge in [0.15, 0.2) is 6.61 Å². The molecular formula is C22H22N2O5. The van der Waals surface area contributed by atoms with Gasteiger partial charge in [-0.3, -0.25) is 9.59 Å². The number of benzene rings is 2. The molecule has 2 heterocycles. The lowest BCUT2D eigenvalue weighted by atomic mass is 10.0. The second-order valence-corrected chi connectivity index (χ2v) is 7.30. The normalized spacial score (nSPS) is 16.9. The number of aryl methyl sites for hydroxylation is 1. The third kappa shape index (κ3) is 3.44. The van der Waals surface area contributed by atoms with Crippen molar-refractivity contribution in [2.45, 2.75) is 32.2 Å². The van der Waals surface area contributed by atoms with E-state index in [1.165, 1.54) is 4.90 Å². The first-order valence-corrected chi connectivity index (χ1v) is 9.64. The topological polar surface area (TPSA) is 103 Å². The van der Waals surface area contributed by atoms with Crippen LogP contribution in [0.15, 0.2) is 40.8 Å². The van der Waals surface area contributed by atoms with Crippen molar-refractivity contribution < 1.29 is 23.5 Å². The summed E-state index contributed by atoms with van der Waals surface area (Å²) in [5, 5.41) is 2.74. The lowest BCUT2D eigenvalue weighted by molar-refractivity contribution is -0.143. The van der Waals surface area contributed by atoms with E-state index in [0.717, 1.165) is 29.0 Å². The summed E-state index contributed by atoms with van der Waals surface area (Å²) in [6, 6.07) is 11.0. The van der Waals surface area contributed by atoms with E-state index in [1.54, 1.807) is 6.92 Å². The Labute approximate surface area is 167 Å². The number of hydrogen-bond acceptors (Lipinski definition) is 5. The second-order valence-electron chi connectivity index (χ2n) is 7.30. The van der Waals surface area contributed by atoms with Crippen LogP contribution in [0.1, 0.15) is 35.4 Å². The van der Waals surface area contributed by atoms with Crippen LogP contribution >= 0.6 is 0 Å². The summed E-state index contributed by atoms with van der Waals surface area (Å²) in [7, 11) is 0. The lowest BCUT2D eigenvalue weighted by Crippen LogP contribution is -2.51. The fourth-order valence-corrected chi connectivity index (χ4v) is 3.95. The highest BCUT2D eigenvalue weighted by Gasteiger charge is 2.31. The average Bonchev–Trinajstić information content (AvgIpc) is 3.08. The standard InChI is InChI=1S/C22H22N2O5/c1-13-15-10-9-14-6-2-3-7-16(14)20(15)29-19(13)22(27)28-12-18(25)24-11-5-4-8-17(24)21(23)26/h2-3,6-7,9-10,17H,4-5,8,11-12H2,1H3,(H2,23,26)/t17-/m0/s1. The summed E-state index contributed by atoms with van der Waals surface area (Å²) in [5.74, 6) is -1.59. The number of ether oxygens (including phenoxy) is 1. The molecule has 3 aromatic rings. The van der Waals surface area contributed by atoms with Crippen molar-refractivity contribution in [1.82, 2.24) is 4.90 Å². The van der Waals surface area contributed by atoms with E-state index >= 15 is 0 Å². The zero-order valence-electron chi connectivity index (χ0n) is 16.1. The van der Waals surface area contributed by atoms with Gasteiger partial charge in [-0.15, -0.1) is 0 Å². The summed E-state index contributed by atoms with van der Waals surface area (Å²) in [4.78, 5) is 38.1. The fraction of sp³-hybridized carbons (Fsp3) is 0.318. The van der Waals surface area contributed by atoms with E-state index in [4.69, 9.17) is 14.9 Å². The first-order chi connectivity index (χ1) is 14.0. The Kier molecular flexibility index (Phi) is 4.96. The summed E-state index contributed by atoms with van der Waals surface area (Å²) in [6.45, 7) is 1.76. The molecule has 7 heteroatoms. The summed E-state index contributed by atoms with van der Waals surface area (Å²) in [6.07, 6.45) is 2.16. The van der Waals surface area contributed by atoms with Crippen LogP contribution in [0.5, 0.6) is 0 Å². The molecule has 2 N–H and O–H groups in total. The van der Waals surface area contributed by atoms with Gasteiger partial charge >= 0.3 is 5.97 Å². The van der Waals surface area contributed by atoms with Crippen LogP contribution < -0.4 is 5.73 Å². The number of rotatable bonds is 4. The molecule has 1 aliphatic rings. The average molecular weight is 394 g/mol. The minimum atomic E-state index is -0.705. The molecule has 0 unspecified atom stereocenters. The van der Waals surface area contributed by atoms with Gasteiger partial charge < -0.3 is 19.8 Å². The molecule has 0 aliphatic carbocycles. The Balaban J connectivity index is 1.53. The van der Waals surface area contributed by atoms with Crippen molar-refractivity contribution >= 4 is 39.5 Å². The van der Waals surface area contributed by atoms with E-state index < -0.39 is 30.4 Å². The van der Waals surface area contributed by atoms with E-state index in [-0.39, 0.29) is 5.76 Å². The van der Waals surface area contributed by atoms with Gasteiger partial charge in [0.2, 0.25) is 11.7 Å². The number of nitrogens with zero attached hydrogens (tertiary/aromatic N) is 1. The van der Waals surface area contributed by atoms with Crippen molar-refractivity contribution in [3.05, 3.63) is 47.7 Å². The maximum Gasteiger partial charge on any atom is 0.375 e. The molecule has 1 aliphatic heterocycles. The molecule has 150 valence electrons. The van der Waals surface area contributed by atoms with Crippen LogP contribution in [-0.4, -0.2) is 41.9 Å². The van der Waals surface area contributed by atoms with Gasteiger partial charge in [0.25, 0.3) is 5.91 Å². The third-order valence-electron chi connectivity index (χ3n) is 5.49. The Morgan fingerprint density at radius 3 is 2.72 bits per heavy atom. The Hall–Kier alpha value is -3.35. The predicted octanol–water partition coefficient (Wildman–Crippen LogP) is 2.92. The molecule has 2 amide bonds. The van der Waals surface area contributed by atoms with Gasteiger partial charge in [-0.1, -0.05) is 36.4 Å². The number of likely N-dealkylation sites (tertiary alicyclic amines) is 1. The molecule has 29 heavy (non-hydrogen) atoms. The van der Waals surface area contributed by atoms with Crippen LogP contribution in [0.4, 0.5) is 0 Å². The number of esters is 1. The quantitative estimate of drug-likeness (QED) is 0.686. The number of furan rings is 1. The van der Waals surface area contributed by atoms with Gasteiger partial charge in [-0.25, -0.2) is 4.79 Å². The maximum atomic E-state index is 12.6. The second kappa shape index (κ2) is 7.58. The van der Waals surface area contributed by atoms with E-state index in [1.807, 2.05) is 36.4 Å². The lowest BCUT2D eigenvalue weighted by Gasteiger charge is -2.33. The molecule has 1 saturated heterocycles. The summed E-state index contributed by atoms with van der Waals surface area (Å²) >= 11 is 0. The Morgan fingerprint density at radius 1 is 1.14 bits per heavy atom. The molecule has 1 aromatic heterocycles. The molecule has 0 bridgehead atoms. The van der Waals surface area contributed by atoms with Crippen molar-refractivity contribution in [1.29, 1.82) is 0 Å². The highest BCUT2D eigenvalue weighted by Crippen LogP contribution is 2.32. The van der Waals surface area contributed by atoms with Crippen molar-refractivity contribution in [3.63, 3.8) is 0 Å². The number of hydrogen-bond donors (Lipinski definition) is 1. The first kappa shape index (κ1) is 19.0. The molecule has 7 nitrogen and oxygen atoms in total. The number of piperidine rings is 1. The fourth-order valence-electron chi connectivity index (χ4n) is 3.95. The van der Waals surface area contributed by atoms with E-state index in [2.05, 4.69) is 0 Å². The molecule has 0 radical (unpaired) electrons. The smallest absolute Gasteiger partial charge is 0.375 e. The molecule has 0 saturated carbocycles. The number of fused-ring (bicyclic) bond motifs is 3. The number of amides is 2. The van der Waals surface area contributed by atoms with E-state index in [0.29, 0.717) is 24.1 Å². The van der Waals surface area contributed by atoms with Crippen molar-refractivity contribution in [2.75, 3.05) is 13.2 Å². The molecule has 4 rings (SSSR count).